The molecule has 0 bridgehead atoms. The molecular formula is C29H54O6. The molecule has 1 saturated heterocycles. The van der Waals surface area contributed by atoms with Gasteiger partial charge in [-0.3, -0.25) is 0 Å². The minimum Gasteiger partial charge on any atom is -0.434 e. The zero-order valence-electron chi connectivity index (χ0n) is 22.5. The summed E-state index contributed by atoms with van der Waals surface area (Å²) in [5, 5.41) is 0. The van der Waals surface area contributed by atoms with Crippen molar-refractivity contribution < 1.29 is 28.5 Å². The Balaban J connectivity index is 2.11. The fraction of sp³-hybridized carbons (Fsp3) is 0.931. The van der Waals surface area contributed by atoms with E-state index in [9.17, 15) is 9.59 Å². The summed E-state index contributed by atoms with van der Waals surface area (Å²) < 4.78 is 20.7. The first-order valence-electron chi connectivity index (χ1n) is 14.9. The lowest BCUT2D eigenvalue weighted by Gasteiger charge is -2.07. The maximum absolute atomic E-state index is 11.6. The topological polar surface area (TPSA) is 71.1 Å². The van der Waals surface area contributed by atoms with Gasteiger partial charge in [-0.15, -0.1) is 0 Å². The first-order chi connectivity index (χ1) is 17.3. The average molecular weight is 499 g/mol. The summed E-state index contributed by atoms with van der Waals surface area (Å²) in [4.78, 5) is 23.3. The average Bonchev–Trinajstić information content (AvgIpc) is 2.85. The molecule has 1 heterocycles. The van der Waals surface area contributed by atoms with Crippen LogP contribution in [-0.2, 0) is 18.9 Å². The Morgan fingerprint density at radius 3 is 0.571 bits per heavy atom. The lowest BCUT2D eigenvalue weighted by atomic mass is 10.1. The Bertz CT molecular complexity index is 440. The van der Waals surface area contributed by atoms with Crippen LogP contribution in [0.15, 0.2) is 0 Å². The van der Waals surface area contributed by atoms with Crippen molar-refractivity contribution in [3.8, 4) is 0 Å². The van der Waals surface area contributed by atoms with Gasteiger partial charge in [-0.05, 0) is 25.7 Å². The molecule has 1 rings (SSSR count). The Hall–Kier alpha value is -1.46. The van der Waals surface area contributed by atoms with E-state index in [1.54, 1.807) is 0 Å². The zero-order chi connectivity index (χ0) is 25.1. The van der Waals surface area contributed by atoms with Crippen LogP contribution in [-0.4, -0.2) is 38.7 Å². The monoisotopic (exact) mass is 498 g/mol. The van der Waals surface area contributed by atoms with Gasteiger partial charge in [0.2, 0.25) is 0 Å². The van der Waals surface area contributed by atoms with Crippen LogP contribution in [0.3, 0.4) is 0 Å². The van der Waals surface area contributed by atoms with Crippen LogP contribution in [0.4, 0.5) is 9.59 Å². The highest BCUT2D eigenvalue weighted by Gasteiger charge is 2.04. The minimum absolute atomic E-state index is 0.472. The third-order valence-electron chi connectivity index (χ3n) is 6.71. The Kier molecular flexibility index (Phi) is 23.1. The zero-order valence-corrected chi connectivity index (χ0v) is 22.5. The van der Waals surface area contributed by atoms with Crippen molar-refractivity contribution in [2.45, 2.75) is 148 Å². The van der Waals surface area contributed by atoms with Gasteiger partial charge in [-0.1, -0.05) is 122 Å². The molecule has 35 heavy (non-hydrogen) atoms. The number of ether oxygens (including phenoxy) is 4. The smallest absolute Gasteiger partial charge is 0.434 e. The third kappa shape index (κ3) is 24.0. The van der Waals surface area contributed by atoms with Gasteiger partial charge in [-0.2, -0.15) is 0 Å². The molecular weight excluding hydrogens is 444 g/mol. The normalized spacial score (nSPS) is 22.5. The molecule has 206 valence electrons. The first-order valence-corrected chi connectivity index (χ1v) is 14.9. The number of carbonyl (C=O) groups excluding carboxylic acids is 2. The molecule has 0 aromatic carbocycles. The number of cyclic esters (lactones) is 4. The lowest BCUT2D eigenvalue weighted by molar-refractivity contribution is 0.0519. The van der Waals surface area contributed by atoms with Gasteiger partial charge in [0, 0.05) is 0 Å². The Labute approximate surface area is 215 Å². The van der Waals surface area contributed by atoms with Crippen molar-refractivity contribution in [2.24, 2.45) is 0 Å². The van der Waals surface area contributed by atoms with Crippen LogP contribution in [0, 0.1) is 0 Å². The van der Waals surface area contributed by atoms with Crippen molar-refractivity contribution in [3.63, 3.8) is 0 Å². The fourth-order valence-corrected chi connectivity index (χ4v) is 4.47. The largest absolute Gasteiger partial charge is 0.508 e. The standard InChI is InChI=1S/C29H54O6/c30-28-32-24-20-16-12-8-4-1-2-5-9-13-17-21-25-33-29(31)35-27-23-19-15-11-7-3-6-10-14-18-22-26-34-28/h1-27H2. The lowest BCUT2D eigenvalue weighted by Crippen LogP contribution is -2.09. The molecule has 0 radical (unpaired) electrons. The Morgan fingerprint density at radius 1 is 0.257 bits per heavy atom. The number of carbonyl (C=O) groups is 2. The van der Waals surface area contributed by atoms with Crippen molar-refractivity contribution in [3.05, 3.63) is 0 Å². The van der Waals surface area contributed by atoms with Gasteiger partial charge in [0.1, 0.15) is 0 Å². The molecule has 0 atom stereocenters. The van der Waals surface area contributed by atoms with E-state index in [2.05, 4.69) is 0 Å². The Morgan fingerprint density at radius 2 is 0.400 bits per heavy atom. The van der Waals surface area contributed by atoms with Crippen LogP contribution in [0.1, 0.15) is 148 Å². The quantitative estimate of drug-likeness (QED) is 0.310. The molecule has 6 nitrogen and oxygen atoms in total. The molecule has 1 aliphatic rings. The van der Waals surface area contributed by atoms with Crippen molar-refractivity contribution in [2.75, 3.05) is 26.4 Å². The highest BCUT2D eigenvalue weighted by molar-refractivity contribution is 5.60. The molecule has 6 heteroatoms. The van der Waals surface area contributed by atoms with Crippen LogP contribution in [0.25, 0.3) is 0 Å². The van der Waals surface area contributed by atoms with Crippen molar-refractivity contribution >= 4 is 12.3 Å². The molecule has 1 fully saturated rings. The summed E-state index contributed by atoms with van der Waals surface area (Å²) in [5.74, 6) is 0. The van der Waals surface area contributed by atoms with E-state index < -0.39 is 12.3 Å². The number of hydrogen-bond donors (Lipinski definition) is 0. The maximum atomic E-state index is 11.6. The van der Waals surface area contributed by atoms with Crippen LogP contribution >= 0.6 is 0 Å². The second kappa shape index (κ2) is 25.6. The van der Waals surface area contributed by atoms with Gasteiger partial charge in [0.25, 0.3) is 0 Å². The van der Waals surface area contributed by atoms with Crippen molar-refractivity contribution in [1.29, 1.82) is 0 Å². The number of rotatable bonds is 0. The van der Waals surface area contributed by atoms with Crippen LogP contribution in [0.5, 0.6) is 0 Å². The summed E-state index contributed by atoms with van der Waals surface area (Å²) in [5.41, 5.74) is 0. The summed E-state index contributed by atoms with van der Waals surface area (Å²) in [6, 6.07) is 0. The molecule has 0 unspecified atom stereocenters. The number of hydrogen-bond acceptors (Lipinski definition) is 6. The van der Waals surface area contributed by atoms with E-state index in [0.717, 1.165) is 51.4 Å². The van der Waals surface area contributed by atoms with E-state index in [1.807, 2.05) is 0 Å². The summed E-state index contributed by atoms with van der Waals surface area (Å²) in [6.45, 7) is 1.90. The third-order valence-corrected chi connectivity index (χ3v) is 6.71. The molecule has 0 N–H and O–H groups in total. The van der Waals surface area contributed by atoms with E-state index in [1.165, 1.54) is 96.3 Å². The minimum atomic E-state index is -0.503. The van der Waals surface area contributed by atoms with Gasteiger partial charge in [-0.25, -0.2) is 9.59 Å². The summed E-state index contributed by atoms with van der Waals surface area (Å²) in [7, 11) is 0. The fourth-order valence-electron chi connectivity index (χ4n) is 4.47. The van der Waals surface area contributed by atoms with Gasteiger partial charge < -0.3 is 18.9 Å². The van der Waals surface area contributed by atoms with Gasteiger partial charge in [0.15, 0.2) is 0 Å². The van der Waals surface area contributed by atoms with E-state index in [-0.39, 0.29) is 0 Å². The SMILES string of the molecule is O=C1OCCCCCCCCCCCCCCOC(=O)OCCCCCCCCCCCCCO1. The van der Waals surface area contributed by atoms with Crippen LogP contribution < -0.4 is 0 Å². The molecule has 0 saturated carbocycles. The predicted octanol–water partition coefficient (Wildman–Crippen LogP) is 9.28. The summed E-state index contributed by atoms with van der Waals surface area (Å²) >= 11 is 0. The first kappa shape index (κ1) is 31.6. The molecule has 0 spiro atoms. The van der Waals surface area contributed by atoms with Gasteiger partial charge in [0.05, 0.1) is 26.4 Å². The van der Waals surface area contributed by atoms with Gasteiger partial charge >= 0.3 is 12.3 Å². The molecule has 0 aliphatic carbocycles. The predicted molar refractivity (Wildman–Crippen MR) is 141 cm³/mol. The van der Waals surface area contributed by atoms with E-state index in [4.69, 9.17) is 18.9 Å². The van der Waals surface area contributed by atoms with E-state index in [0.29, 0.717) is 26.4 Å². The molecule has 0 aromatic rings. The second-order valence-corrected chi connectivity index (χ2v) is 10.0. The molecule has 0 amide bonds. The van der Waals surface area contributed by atoms with E-state index >= 15 is 0 Å². The maximum Gasteiger partial charge on any atom is 0.508 e. The molecule has 0 aromatic heterocycles. The second-order valence-electron chi connectivity index (χ2n) is 10.0. The summed E-state index contributed by atoms with van der Waals surface area (Å²) in [6.07, 6.45) is 26.0. The highest BCUT2D eigenvalue weighted by Crippen LogP contribution is 2.13. The van der Waals surface area contributed by atoms with Crippen LogP contribution in [0.2, 0.25) is 0 Å². The molecule has 1 aliphatic heterocycles. The van der Waals surface area contributed by atoms with Crippen molar-refractivity contribution in [1.82, 2.24) is 0 Å². The highest BCUT2D eigenvalue weighted by atomic mass is 16.7.